The minimum atomic E-state index is 0.387. The van der Waals surface area contributed by atoms with Crippen LogP contribution in [0.15, 0.2) is 0 Å². The third-order valence-electron chi connectivity index (χ3n) is 4.24. The molecule has 0 radical (unpaired) electrons. The topological polar surface area (TPSA) is 32.3 Å². The van der Waals surface area contributed by atoms with Gasteiger partial charge in [-0.25, -0.2) is 0 Å². The molecule has 1 aliphatic heterocycles. The van der Waals surface area contributed by atoms with E-state index in [0.717, 1.165) is 38.8 Å². The molecule has 1 aliphatic carbocycles. The molecule has 0 aromatic carbocycles. The predicted octanol–water partition coefficient (Wildman–Crippen LogP) is 2.56. The van der Waals surface area contributed by atoms with E-state index in [-0.39, 0.29) is 0 Å². The van der Waals surface area contributed by atoms with Crippen LogP contribution in [-0.2, 0) is 4.79 Å². The first kappa shape index (κ1) is 13.9. The van der Waals surface area contributed by atoms with Crippen LogP contribution in [0.4, 0.5) is 0 Å². The highest BCUT2D eigenvalue weighted by Crippen LogP contribution is 2.31. The van der Waals surface area contributed by atoms with Gasteiger partial charge in [-0.15, -0.1) is 0 Å². The molecule has 0 spiro atoms. The second-order valence-corrected chi connectivity index (χ2v) is 6.08. The maximum atomic E-state index is 11.9. The number of amides is 1. The standard InChI is InChI=1S/C15H28N2O/c1-3-4-5-12(2)16-14-8-10-17(11-9-14)15(18)13-6-7-13/h12-14,16H,3-11H2,1-2H3. The SMILES string of the molecule is CCCCC(C)NC1CCN(C(=O)C2CC2)CC1. The van der Waals surface area contributed by atoms with Crippen molar-refractivity contribution in [2.75, 3.05) is 13.1 Å². The second-order valence-electron chi connectivity index (χ2n) is 6.08. The summed E-state index contributed by atoms with van der Waals surface area (Å²) in [5.41, 5.74) is 0. The van der Waals surface area contributed by atoms with Gasteiger partial charge in [0.2, 0.25) is 5.91 Å². The van der Waals surface area contributed by atoms with Gasteiger partial charge in [-0.05, 0) is 39.0 Å². The maximum Gasteiger partial charge on any atom is 0.225 e. The Hall–Kier alpha value is -0.570. The number of rotatable bonds is 6. The van der Waals surface area contributed by atoms with Gasteiger partial charge in [0.25, 0.3) is 0 Å². The molecule has 1 amide bonds. The van der Waals surface area contributed by atoms with Crippen molar-refractivity contribution in [2.45, 2.75) is 70.9 Å². The molecule has 104 valence electrons. The van der Waals surface area contributed by atoms with Crippen molar-refractivity contribution in [3.8, 4) is 0 Å². The Morgan fingerprint density at radius 2 is 1.94 bits per heavy atom. The number of nitrogens with one attached hydrogen (secondary N) is 1. The highest BCUT2D eigenvalue weighted by Gasteiger charge is 2.34. The zero-order valence-corrected chi connectivity index (χ0v) is 12.0. The molecule has 3 nitrogen and oxygen atoms in total. The largest absolute Gasteiger partial charge is 0.342 e. The fraction of sp³-hybridized carbons (Fsp3) is 0.933. The van der Waals surface area contributed by atoms with Crippen LogP contribution in [-0.4, -0.2) is 36.0 Å². The first-order chi connectivity index (χ1) is 8.70. The number of piperidine rings is 1. The summed E-state index contributed by atoms with van der Waals surface area (Å²) in [6.45, 7) is 6.47. The smallest absolute Gasteiger partial charge is 0.225 e. The van der Waals surface area contributed by atoms with Gasteiger partial charge in [-0.2, -0.15) is 0 Å². The lowest BCUT2D eigenvalue weighted by Gasteiger charge is -2.34. The van der Waals surface area contributed by atoms with Crippen molar-refractivity contribution in [1.29, 1.82) is 0 Å². The average molecular weight is 252 g/mol. The quantitative estimate of drug-likeness (QED) is 0.788. The molecule has 1 saturated heterocycles. The molecule has 0 bridgehead atoms. The summed E-state index contributed by atoms with van der Waals surface area (Å²) in [5, 5.41) is 3.72. The van der Waals surface area contributed by atoms with E-state index in [4.69, 9.17) is 0 Å². The summed E-state index contributed by atoms with van der Waals surface area (Å²) < 4.78 is 0. The van der Waals surface area contributed by atoms with Crippen LogP contribution in [0.5, 0.6) is 0 Å². The zero-order chi connectivity index (χ0) is 13.0. The molecular weight excluding hydrogens is 224 g/mol. The monoisotopic (exact) mass is 252 g/mol. The van der Waals surface area contributed by atoms with E-state index in [1.165, 1.54) is 19.3 Å². The number of hydrogen-bond acceptors (Lipinski definition) is 2. The maximum absolute atomic E-state index is 11.9. The number of hydrogen-bond donors (Lipinski definition) is 1. The minimum Gasteiger partial charge on any atom is -0.342 e. The summed E-state index contributed by atoms with van der Waals surface area (Å²) in [5.74, 6) is 0.811. The van der Waals surface area contributed by atoms with Gasteiger partial charge >= 0.3 is 0 Å². The molecule has 1 saturated carbocycles. The van der Waals surface area contributed by atoms with E-state index in [1.807, 2.05) is 0 Å². The Morgan fingerprint density at radius 1 is 1.28 bits per heavy atom. The Balaban J connectivity index is 1.64. The lowest BCUT2D eigenvalue weighted by atomic mass is 10.0. The van der Waals surface area contributed by atoms with Gasteiger partial charge in [0.15, 0.2) is 0 Å². The van der Waals surface area contributed by atoms with Gasteiger partial charge < -0.3 is 10.2 Å². The van der Waals surface area contributed by atoms with Crippen molar-refractivity contribution in [3.05, 3.63) is 0 Å². The minimum absolute atomic E-state index is 0.387. The number of nitrogens with zero attached hydrogens (tertiary/aromatic N) is 1. The predicted molar refractivity (Wildman–Crippen MR) is 74.4 cm³/mol. The Labute approximate surface area is 111 Å². The third-order valence-corrected chi connectivity index (χ3v) is 4.24. The Kier molecular flexibility index (Phi) is 5.04. The molecule has 1 heterocycles. The van der Waals surface area contributed by atoms with E-state index in [9.17, 15) is 4.79 Å². The van der Waals surface area contributed by atoms with Crippen LogP contribution in [0.2, 0.25) is 0 Å². The second kappa shape index (κ2) is 6.55. The lowest BCUT2D eigenvalue weighted by molar-refractivity contribution is -0.133. The fourth-order valence-corrected chi connectivity index (χ4v) is 2.85. The summed E-state index contributed by atoms with van der Waals surface area (Å²) in [7, 11) is 0. The highest BCUT2D eigenvalue weighted by molar-refractivity contribution is 5.81. The van der Waals surface area contributed by atoms with Gasteiger partial charge in [-0.1, -0.05) is 19.8 Å². The van der Waals surface area contributed by atoms with Crippen LogP contribution in [0.1, 0.15) is 58.8 Å². The highest BCUT2D eigenvalue weighted by atomic mass is 16.2. The van der Waals surface area contributed by atoms with Gasteiger partial charge in [0.05, 0.1) is 0 Å². The normalized spacial score (nSPS) is 23.1. The first-order valence-electron chi connectivity index (χ1n) is 7.75. The van der Waals surface area contributed by atoms with Crippen LogP contribution in [0.3, 0.4) is 0 Å². The van der Waals surface area contributed by atoms with E-state index in [2.05, 4.69) is 24.1 Å². The van der Waals surface area contributed by atoms with Crippen LogP contribution >= 0.6 is 0 Å². The third kappa shape index (κ3) is 3.98. The lowest BCUT2D eigenvalue weighted by Crippen LogP contribution is -2.47. The average Bonchev–Trinajstić information content (AvgIpc) is 3.21. The van der Waals surface area contributed by atoms with Gasteiger partial charge in [0.1, 0.15) is 0 Å². The Morgan fingerprint density at radius 3 is 2.50 bits per heavy atom. The molecule has 0 aromatic rings. The van der Waals surface area contributed by atoms with Gasteiger partial charge in [-0.3, -0.25) is 4.79 Å². The molecule has 1 atom stereocenters. The molecule has 18 heavy (non-hydrogen) atoms. The van der Waals surface area contributed by atoms with E-state index >= 15 is 0 Å². The molecule has 2 fully saturated rings. The molecule has 2 aliphatic rings. The van der Waals surface area contributed by atoms with E-state index < -0.39 is 0 Å². The molecule has 1 unspecified atom stereocenters. The van der Waals surface area contributed by atoms with E-state index in [0.29, 0.717) is 23.9 Å². The van der Waals surface area contributed by atoms with Crippen molar-refractivity contribution < 1.29 is 4.79 Å². The van der Waals surface area contributed by atoms with Crippen molar-refractivity contribution in [2.24, 2.45) is 5.92 Å². The van der Waals surface area contributed by atoms with Gasteiger partial charge in [0, 0.05) is 31.1 Å². The summed E-state index contributed by atoms with van der Waals surface area (Å²) in [4.78, 5) is 14.0. The van der Waals surface area contributed by atoms with E-state index in [1.54, 1.807) is 0 Å². The zero-order valence-electron chi connectivity index (χ0n) is 12.0. The number of unbranched alkanes of at least 4 members (excludes halogenated alkanes) is 1. The van der Waals surface area contributed by atoms with Crippen molar-refractivity contribution in [3.63, 3.8) is 0 Å². The molecule has 2 rings (SSSR count). The number of carbonyl (C=O) groups is 1. The molecular formula is C15H28N2O. The summed E-state index contributed by atoms with van der Waals surface area (Å²) in [6.07, 6.45) is 8.39. The van der Waals surface area contributed by atoms with Crippen molar-refractivity contribution in [1.82, 2.24) is 10.2 Å². The first-order valence-corrected chi connectivity index (χ1v) is 7.75. The fourth-order valence-electron chi connectivity index (χ4n) is 2.85. The molecule has 1 N–H and O–H groups in total. The van der Waals surface area contributed by atoms with Crippen LogP contribution < -0.4 is 5.32 Å². The number of likely N-dealkylation sites (tertiary alicyclic amines) is 1. The summed E-state index contributed by atoms with van der Waals surface area (Å²) >= 11 is 0. The summed E-state index contributed by atoms with van der Waals surface area (Å²) in [6, 6.07) is 1.25. The molecule has 3 heteroatoms. The molecule has 0 aromatic heterocycles. The number of carbonyl (C=O) groups excluding carboxylic acids is 1. The van der Waals surface area contributed by atoms with Crippen LogP contribution in [0.25, 0.3) is 0 Å². The van der Waals surface area contributed by atoms with Crippen molar-refractivity contribution >= 4 is 5.91 Å². The Bertz CT molecular complexity index is 268. The van der Waals surface area contributed by atoms with Crippen LogP contribution in [0, 0.1) is 5.92 Å².